The number of hydrogen-bond acceptors (Lipinski definition) is 6. The third-order valence-corrected chi connectivity index (χ3v) is 4.72. The zero-order chi connectivity index (χ0) is 18.8. The third-order valence-electron chi connectivity index (χ3n) is 4.72. The predicted octanol–water partition coefficient (Wildman–Crippen LogP) is 2.81. The summed E-state index contributed by atoms with van der Waals surface area (Å²) in [5.41, 5.74) is 2.17. The number of hydrogen-bond donors (Lipinski definition) is 0. The lowest BCUT2D eigenvalue weighted by atomic mass is 10.1. The van der Waals surface area contributed by atoms with Crippen LogP contribution in [0.4, 0.5) is 6.01 Å². The van der Waals surface area contributed by atoms with E-state index in [4.69, 9.17) is 13.9 Å². The molecular formula is C20H21N3O4. The molecule has 0 atom stereocenters. The van der Waals surface area contributed by atoms with Crippen molar-refractivity contribution in [3.05, 3.63) is 48.0 Å². The largest absolute Gasteiger partial charge is 0.497 e. The smallest absolute Gasteiger partial charge is 0.298 e. The van der Waals surface area contributed by atoms with Crippen molar-refractivity contribution >= 4 is 23.0 Å². The number of rotatable bonds is 4. The van der Waals surface area contributed by atoms with Crippen molar-refractivity contribution in [2.45, 2.75) is 0 Å². The summed E-state index contributed by atoms with van der Waals surface area (Å²) in [6.45, 7) is 2.52. The quantitative estimate of drug-likeness (QED) is 0.706. The van der Waals surface area contributed by atoms with Crippen LogP contribution in [0.15, 0.2) is 46.9 Å². The van der Waals surface area contributed by atoms with Crippen molar-refractivity contribution < 1.29 is 18.7 Å². The molecule has 27 heavy (non-hydrogen) atoms. The summed E-state index contributed by atoms with van der Waals surface area (Å²) in [5, 5.41) is 0. The van der Waals surface area contributed by atoms with Crippen molar-refractivity contribution in [2.24, 2.45) is 0 Å². The van der Waals surface area contributed by atoms with E-state index >= 15 is 0 Å². The van der Waals surface area contributed by atoms with E-state index in [2.05, 4.69) is 9.88 Å². The Bertz CT molecular complexity index is 906. The van der Waals surface area contributed by atoms with Gasteiger partial charge >= 0.3 is 0 Å². The maximum absolute atomic E-state index is 12.9. The summed E-state index contributed by atoms with van der Waals surface area (Å²) in [6, 6.07) is 13.5. The number of amides is 1. The Labute approximate surface area is 157 Å². The van der Waals surface area contributed by atoms with Crippen LogP contribution in [0.3, 0.4) is 0 Å². The SMILES string of the molecule is COc1cc(OC)cc(C(=O)N2CCN(c3nc4ccccc4o3)CC2)c1. The Morgan fingerprint density at radius 3 is 2.30 bits per heavy atom. The van der Waals surface area contributed by atoms with Gasteiger partial charge in [0.05, 0.1) is 14.2 Å². The molecule has 3 aromatic rings. The normalized spacial score (nSPS) is 14.4. The van der Waals surface area contributed by atoms with Gasteiger partial charge in [-0.2, -0.15) is 4.98 Å². The molecule has 2 aromatic carbocycles. The highest BCUT2D eigenvalue weighted by Gasteiger charge is 2.25. The summed E-state index contributed by atoms with van der Waals surface area (Å²) >= 11 is 0. The second-order valence-corrected chi connectivity index (χ2v) is 6.34. The lowest BCUT2D eigenvalue weighted by Gasteiger charge is -2.34. The molecule has 0 aliphatic carbocycles. The van der Waals surface area contributed by atoms with Gasteiger partial charge in [-0.25, -0.2) is 0 Å². The fourth-order valence-electron chi connectivity index (χ4n) is 3.21. The second kappa shape index (κ2) is 7.19. The molecule has 0 bridgehead atoms. The number of para-hydroxylation sites is 2. The summed E-state index contributed by atoms with van der Waals surface area (Å²) in [5.74, 6) is 1.16. The molecular weight excluding hydrogens is 346 g/mol. The standard InChI is InChI=1S/C20H21N3O4/c1-25-15-11-14(12-16(13-15)26-2)19(24)22-7-9-23(10-8-22)20-21-17-5-3-4-6-18(17)27-20/h3-6,11-13H,7-10H2,1-2H3. The molecule has 0 N–H and O–H groups in total. The average Bonchev–Trinajstić information content (AvgIpc) is 3.17. The van der Waals surface area contributed by atoms with Crippen LogP contribution >= 0.6 is 0 Å². The number of anilines is 1. The van der Waals surface area contributed by atoms with Gasteiger partial charge in [0.1, 0.15) is 17.0 Å². The monoisotopic (exact) mass is 367 g/mol. The van der Waals surface area contributed by atoms with Crippen molar-refractivity contribution in [1.82, 2.24) is 9.88 Å². The van der Waals surface area contributed by atoms with Crippen LogP contribution < -0.4 is 14.4 Å². The Kier molecular flexibility index (Phi) is 4.58. The molecule has 0 unspecified atom stereocenters. The van der Waals surface area contributed by atoms with E-state index < -0.39 is 0 Å². The van der Waals surface area contributed by atoms with E-state index in [1.54, 1.807) is 32.4 Å². The molecule has 1 aromatic heterocycles. The van der Waals surface area contributed by atoms with E-state index in [0.29, 0.717) is 49.3 Å². The van der Waals surface area contributed by atoms with Crippen LogP contribution in [0.1, 0.15) is 10.4 Å². The van der Waals surface area contributed by atoms with Gasteiger partial charge in [-0.3, -0.25) is 4.79 Å². The van der Waals surface area contributed by atoms with Crippen LogP contribution in [0.5, 0.6) is 11.5 Å². The number of aromatic nitrogens is 1. The fraction of sp³-hybridized carbons (Fsp3) is 0.300. The minimum atomic E-state index is -0.0376. The molecule has 1 amide bonds. The number of carbonyl (C=O) groups is 1. The summed E-state index contributed by atoms with van der Waals surface area (Å²) in [7, 11) is 3.14. The van der Waals surface area contributed by atoms with E-state index in [1.807, 2.05) is 29.2 Å². The molecule has 4 rings (SSSR count). The van der Waals surface area contributed by atoms with Crippen molar-refractivity contribution in [2.75, 3.05) is 45.3 Å². The number of carbonyl (C=O) groups excluding carboxylic acids is 1. The topological polar surface area (TPSA) is 68.0 Å². The van der Waals surface area contributed by atoms with E-state index in [9.17, 15) is 4.79 Å². The van der Waals surface area contributed by atoms with Gasteiger partial charge in [0.25, 0.3) is 11.9 Å². The molecule has 0 saturated carbocycles. The lowest BCUT2D eigenvalue weighted by Crippen LogP contribution is -2.48. The van der Waals surface area contributed by atoms with Crippen molar-refractivity contribution in [3.8, 4) is 11.5 Å². The van der Waals surface area contributed by atoms with E-state index in [-0.39, 0.29) is 5.91 Å². The first-order valence-corrected chi connectivity index (χ1v) is 8.81. The molecule has 7 heteroatoms. The molecule has 1 aliphatic heterocycles. The Balaban J connectivity index is 1.46. The highest BCUT2D eigenvalue weighted by Crippen LogP contribution is 2.25. The molecule has 7 nitrogen and oxygen atoms in total. The molecule has 1 saturated heterocycles. The predicted molar refractivity (Wildman–Crippen MR) is 102 cm³/mol. The zero-order valence-corrected chi connectivity index (χ0v) is 15.3. The Morgan fingerprint density at radius 2 is 1.67 bits per heavy atom. The summed E-state index contributed by atoms with van der Waals surface area (Å²) in [4.78, 5) is 21.3. The number of methoxy groups -OCH3 is 2. The van der Waals surface area contributed by atoms with Crippen LogP contribution in [0, 0.1) is 0 Å². The van der Waals surface area contributed by atoms with Gasteiger partial charge in [-0.05, 0) is 24.3 Å². The van der Waals surface area contributed by atoms with E-state index in [0.717, 1.165) is 11.1 Å². The summed E-state index contributed by atoms with van der Waals surface area (Å²) in [6.07, 6.45) is 0. The number of ether oxygens (including phenoxy) is 2. The number of fused-ring (bicyclic) bond motifs is 1. The first-order valence-electron chi connectivity index (χ1n) is 8.81. The minimum Gasteiger partial charge on any atom is -0.497 e. The van der Waals surface area contributed by atoms with E-state index in [1.165, 1.54) is 0 Å². The second-order valence-electron chi connectivity index (χ2n) is 6.34. The van der Waals surface area contributed by atoms with Gasteiger partial charge in [0, 0.05) is 37.8 Å². The third kappa shape index (κ3) is 3.40. The van der Waals surface area contributed by atoms with Gasteiger partial charge < -0.3 is 23.7 Å². The maximum atomic E-state index is 12.9. The average molecular weight is 367 g/mol. The highest BCUT2D eigenvalue weighted by molar-refractivity contribution is 5.95. The molecule has 1 fully saturated rings. The Hall–Kier alpha value is -3.22. The van der Waals surface area contributed by atoms with Crippen molar-refractivity contribution in [1.29, 1.82) is 0 Å². The number of benzene rings is 2. The Morgan fingerprint density at radius 1 is 1.00 bits per heavy atom. The minimum absolute atomic E-state index is 0.0376. The van der Waals surface area contributed by atoms with Crippen molar-refractivity contribution in [3.63, 3.8) is 0 Å². The molecule has 0 spiro atoms. The van der Waals surface area contributed by atoms with Gasteiger partial charge in [0.15, 0.2) is 5.58 Å². The van der Waals surface area contributed by atoms with Crippen LogP contribution in [0.25, 0.3) is 11.1 Å². The molecule has 140 valence electrons. The molecule has 2 heterocycles. The van der Waals surface area contributed by atoms with Crippen LogP contribution in [-0.2, 0) is 0 Å². The first kappa shape index (κ1) is 17.2. The lowest BCUT2D eigenvalue weighted by molar-refractivity contribution is 0.0744. The number of nitrogens with zero attached hydrogens (tertiary/aromatic N) is 3. The van der Waals surface area contributed by atoms with Crippen LogP contribution in [-0.4, -0.2) is 56.2 Å². The van der Waals surface area contributed by atoms with Gasteiger partial charge in [-0.15, -0.1) is 0 Å². The molecule has 1 aliphatic rings. The first-order chi connectivity index (χ1) is 13.2. The van der Waals surface area contributed by atoms with Gasteiger partial charge in [0.2, 0.25) is 0 Å². The highest BCUT2D eigenvalue weighted by atomic mass is 16.5. The fourth-order valence-corrected chi connectivity index (χ4v) is 3.21. The van der Waals surface area contributed by atoms with Gasteiger partial charge in [-0.1, -0.05) is 12.1 Å². The summed E-state index contributed by atoms with van der Waals surface area (Å²) < 4.78 is 16.3. The number of piperazine rings is 1. The molecule has 0 radical (unpaired) electrons. The maximum Gasteiger partial charge on any atom is 0.298 e. The van der Waals surface area contributed by atoms with Crippen LogP contribution in [0.2, 0.25) is 0 Å². The number of oxazole rings is 1. The zero-order valence-electron chi connectivity index (χ0n) is 15.3.